The third-order valence-corrected chi connectivity index (χ3v) is 5.43. The fourth-order valence-electron chi connectivity index (χ4n) is 4.19. The second-order valence-electron chi connectivity index (χ2n) is 6.83. The van der Waals surface area contributed by atoms with E-state index in [1.165, 1.54) is 4.57 Å². The van der Waals surface area contributed by atoms with E-state index in [0.29, 0.717) is 23.1 Å². The van der Waals surface area contributed by atoms with Crippen molar-refractivity contribution in [1.29, 1.82) is 0 Å². The van der Waals surface area contributed by atoms with Crippen LogP contribution in [0, 0.1) is 0 Å². The third kappa shape index (κ3) is 2.59. The Labute approximate surface area is 144 Å². The molecule has 2 N–H and O–H groups in total. The molecule has 4 rings (SSSR count). The molecule has 0 spiro atoms. The van der Waals surface area contributed by atoms with Crippen molar-refractivity contribution in [3.8, 4) is 0 Å². The molecule has 2 bridgehead atoms. The number of amides is 1. The lowest BCUT2D eigenvalue weighted by Gasteiger charge is -2.28. The van der Waals surface area contributed by atoms with Crippen molar-refractivity contribution in [2.45, 2.75) is 44.8 Å². The minimum Gasteiger partial charge on any atom is -0.331 e. The van der Waals surface area contributed by atoms with Gasteiger partial charge in [0.15, 0.2) is 0 Å². The molecule has 2 fully saturated rings. The van der Waals surface area contributed by atoms with Gasteiger partial charge in [-0.15, -0.1) is 0 Å². The molecule has 3 heterocycles. The monoisotopic (exact) mass is 342 g/mol. The van der Waals surface area contributed by atoms with E-state index in [1.54, 1.807) is 18.2 Å². The maximum Gasteiger partial charge on any atom is 0.316 e. The number of carbonyl (C=O) groups is 1. The van der Waals surface area contributed by atoms with Crippen LogP contribution in [0.4, 0.5) is 0 Å². The summed E-state index contributed by atoms with van der Waals surface area (Å²) < 4.78 is 1.43. The van der Waals surface area contributed by atoms with Crippen molar-refractivity contribution in [1.82, 2.24) is 19.8 Å². The Morgan fingerprint density at radius 3 is 2.80 bits per heavy atom. The van der Waals surface area contributed by atoms with Crippen LogP contribution in [0.5, 0.6) is 0 Å². The number of fused-ring (bicyclic) bond motifs is 3. The molecule has 7 nitrogen and oxygen atoms in total. The fourth-order valence-corrected chi connectivity index (χ4v) is 4.19. The lowest BCUT2D eigenvalue weighted by Crippen LogP contribution is -2.42. The number of nitrogens with one attached hydrogen (secondary N) is 2. The molecule has 7 heteroatoms. The van der Waals surface area contributed by atoms with Gasteiger partial charge in [-0.1, -0.05) is 0 Å². The smallest absolute Gasteiger partial charge is 0.316 e. The zero-order chi connectivity index (χ0) is 17.6. The molecule has 132 valence electrons. The topological polar surface area (TPSA) is 87.2 Å². The lowest BCUT2D eigenvalue weighted by atomic mass is 10.1. The number of carbonyl (C=O) groups excluding carboxylic acids is 1. The highest BCUT2D eigenvalue weighted by Gasteiger charge is 2.38. The normalized spacial score (nSPS) is 23.0. The lowest BCUT2D eigenvalue weighted by molar-refractivity contribution is 0.0680. The van der Waals surface area contributed by atoms with Gasteiger partial charge < -0.3 is 19.8 Å². The highest BCUT2D eigenvalue weighted by molar-refractivity contribution is 5.97. The van der Waals surface area contributed by atoms with Crippen LogP contribution in [0.3, 0.4) is 0 Å². The molecule has 2 aliphatic heterocycles. The average molecular weight is 342 g/mol. The summed E-state index contributed by atoms with van der Waals surface area (Å²) in [5, 5.41) is 3.39. The summed E-state index contributed by atoms with van der Waals surface area (Å²) in [5.41, 5.74) is 0.508. The first kappa shape index (κ1) is 16.1. The molecule has 0 saturated carbocycles. The number of benzene rings is 1. The summed E-state index contributed by atoms with van der Waals surface area (Å²) in [4.78, 5) is 41.5. The van der Waals surface area contributed by atoms with Gasteiger partial charge in [0.2, 0.25) is 0 Å². The second-order valence-corrected chi connectivity index (χ2v) is 6.83. The van der Waals surface area contributed by atoms with Crippen LogP contribution in [-0.2, 0) is 6.54 Å². The van der Waals surface area contributed by atoms with E-state index in [-0.39, 0.29) is 18.0 Å². The zero-order valence-corrected chi connectivity index (χ0v) is 14.2. The van der Waals surface area contributed by atoms with Crippen molar-refractivity contribution in [3.63, 3.8) is 0 Å². The fraction of sp³-hybridized carbons (Fsp3) is 0.500. The van der Waals surface area contributed by atoms with Gasteiger partial charge in [-0.3, -0.25) is 14.4 Å². The average Bonchev–Trinajstić information content (AvgIpc) is 2.88. The van der Waals surface area contributed by atoms with E-state index in [4.69, 9.17) is 0 Å². The van der Waals surface area contributed by atoms with Gasteiger partial charge in [-0.25, -0.2) is 0 Å². The first-order valence-electron chi connectivity index (χ1n) is 8.90. The van der Waals surface area contributed by atoms with E-state index in [0.717, 1.165) is 32.4 Å². The number of nitrogens with zero attached hydrogens (tertiary/aromatic N) is 2. The summed E-state index contributed by atoms with van der Waals surface area (Å²) >= 11 is 0. The molecule has 1 aromatic heterocycles. The summed E-state index contributed by atoms with van der Waals surface area (Å²) in [6, 6.07) is 5.72. The number of aryl methyl sites for hydroxylation is 1. The number of hydrogen-bond donors (Lipinski definition) is 2. The Bertz CT molecular complexity index is 931. The van der Waals surface area contributed by atoms with Crippen molar-refractivity contribution in [2.24, 2.45) is 0 Å². The highest BCUT2D eigenvalue weighted by atomic mass is 16.2. The molecule has 2 aromatic rings. The van der Waals surface area contributed by atoms with Gasteiger partial charge in [-0.2, -0.15) is 0 Å². The van der Waals surface area contributed by atoms with E-state index in [1.807, 2.05) is 11.8 Å². The second kappa shape index (κ2) is 6.15. The van der Waals surface area contributed by atoms with Gasteiger partial charge in [0, 0.05) is 30.7 Å². The van der Waals surface area contributed by atoms with E-state index in [9.17, 15) is 14.4 Å². The summed E-state index contributed by atoms with van der Waals surface area (Å²) in [6.07, 6.45) is 3.06. The Morgan fingerprint density at radius 2 is 2.00 bits per heavy atom. The zero-order valence-electron chi connectivity index (χ0n) is 14.2. The molecule has 25 heavy (non-hydrogen) atoms. The molecular weight excluding hydrogens is 320 g/mol. The summed E-state index contributed by atoms with van der Waals surface area (Å²) in [7, 11) is 0. The molecule has 1 aromatic carbocycles. The van der Waals surface area contributed by atoms with Gasteiger partial charge in [0.05, 0.1) is 11.0 Å². The number of H-pyrrole nitrogens is 1. The van der Waals surface area contributed by atoms with Crippen LogP contribution in [0.2, 0.25) is 0 Å². The van der Waals surface area contributed by atoms with Crippen LogP contribution in [-0.4, -0.2) is 45.5 Å². The predicted octanol–water partition coefficient (Wildman–Crippen LogP) is 0.676. The first-order chi connectivity index (χ1) is 12.1. The molecule has 2 unspecified atom stereocenters. The predicted molar refractivity (Wildman–Crippen MR) is 95.0 cm³/mol. The molecule has 2 atom stereocenters. The molecule has 0 radical (unpaired) electrons. The number of rotatable bonds is 2. The van der Waals surface area contributed by atoms with Crippen LogP contribution in [0.15, 0.2) is 27.8 Å². The van der Waals surface area contributed by atoms with Crippen molar-refractivity contribution in [2.75, 3.05) is 13.1 Å². The standard InChI is InChI=1S/C18H22N4O3/c1-2-21-15-6-3-11(9-14(15)20-16(23)18(21)25)17(24)22-12-4-5-13(22)10-19-8-7-12/h3,6,9,12-13,19H,2,4-5,7-8,10H2,1H3,(H,20,23). The van der Waals surface area contributed by atoms with E-state index < -0.39 is 11.1 Å². The number of aromatic nitrogens is 2. The van der Waals surface area contributed by atoms with Gasteiger partial charge >= 0.3 is 11.1 Å². The SMILES string of the molecule is CCn1c(=O)c(=O)[nH]c2cc(C(=O)N3C4CCNCC3CC4)ccc21. The highest BCUT2D eigenvalue weighted by Crippen LogP contribution is 2.30. The molecule has 2 aliphatic rings. The molecule has 0 aliphatic carbocycles. The van der Waals surface area contributed by atoms with Crippen LogP contribution < -0.4 is 16.4 Å². The quantitative estimate of drug-likeness (QED) is 0.786. The van der Waals surface area contributed by atoms with Crippen molar-refractivity contribution < 1.29 is 4.79 Å². The third-order valence-electron chi connectivity index (χ3n) is 5.43. The molecular formula is C18H22N4O3. The Morgan fingerprint density at radius 1 is 1.20 bits per heavy atom. The van der Waals surface area contributed by atoms with Crippen LogP contribution in [0.1, 0.15) is 36.5 Å². The summed E-state index contributed by atoms with van der Waals surface area (Å²) in [6.45, 7) is 4.01. The van der Waals surface area contributed by atoms with Crippen LogP contribution >= 0.6 is 0 Å². The van der Waals surface area contributed by atoms with Gasteiger partial charge in [0.25, 0.3) is 5.91 Å². The van der Waals surface area contributed by atoms with Crippen molar-refractivity contribution in [3.05, 3.63) is 44.5 Å². The van der Waals surface area contributed by atoms with Crippen LogP contribution in [0.25, 0.3) is 11.0 Å². The Hall–Kier alpha value is -2.41. The maximum absolute atomic E-state index is 13.1. The number of aromatic amines is 1. The minimum absolute atomic E-state index is 0.00759. The molecule has 2 saturated heterocycles. The van der Waals surface area contributed by atoms with Gasteiger partial charge in [-0.05, 0) is 50.9 Å². The van der Waals surface area contributed by atoms with E-state index >= 15 is 0 Å². The minimum atomic E-state index is -0.655. The Balaban J connectivity index is 1.77. The van der Waals surface area contributed by atoms with Crippen molar-refractivity contribution >= 4 is 16.9 Å². The Kier molecular flexibility index (Phi) is 3.95. The van der Waals surface area contributed by atoms with Gasteiger partial charge in [0.1, 0.15) is 0 Å². The summed E-state index contributed by atoms with van der Waals surface area (Å²) in [5.74, 6) is 0.00759. The largest absolute Gasteiger partial charge is 0.331 e. The maximum atomic E-state index is 13.1. The number of hydrogen-bond acceptors (Lipinski definition) is 4. The van der Waals surface area contributed by atoms with E-state index in [2.05, 4.69) is 10.3 Å². The first-order valence-corrected chi connectivity index (χ1v) is 8.90. The molecule has 1 amide bonds.